The van der Waals surface area contributed by atoms with Crippen LogP contribution in [0.5, 0.6) is 0 Å². The molecule has 4 rings (SSSR count). The molecule has 0 amide bonds. The molecule has 2 unspecified atom stereocenters. The third kappa shape index (κ3) is 2.86. The average Bonchev–Trinajstić information content (AvgIpc) is 3.10. The Balaban J connectivity index is 1.87. The number of aliphatic hydroxyl groups excluding tert-OH is 1. The average molecular weight is 387 g/mol. The second-order valence-electron chi connectivity index (χ2n) is 7.19. The maximum absolute atomic E-state index is 13.0. The predicted octanol–water partition coefficient (Wildman–Crippen LogP) is 6.49. The molecule has 1 N–H and O–H groups in total. The van der Waals surface area contributed by atoms with Gasteiger partial charge in [0.15, 0.2) is 5.78 Å². The Labute approximate surface area is 163 Å². The molecule has 2 atom stereocenters. The van der Waals surface area contributed by atoms with Crippen LogP contribution in [0.25, 0.3) is 16.7 Å². The first-order valence-electron chi connectivity index (χ1n) is 9.05. The molecule has 134 valence electrons. The zero-order valence-corrected chi connectivity index (χ0v) is 16.1. The van der Waals surface area contributed by atoms with E-state index in [2.05, 4.69) is 6.92 Å². The minimum absolute atomic E-state index is 0.0595. The summed E-state index contributed by atoms with van der Waals surface area (Å²) in [5.74, 6) is 0.567. The quantitative estimate of drug-likeness (QED) is 0.654. The Hall–Kier alpha value is -1.77. The van der Waals surface area contributed by atoms with Gasteiger partial charge in [0.2, 0.25) is 0 Å². The smallest absolute Gasteiger partial charge is 0.169 e. The van der Waals surface area contributed by atoms with Crippen LogP contribution in [0.15, 0.2) is 42.2 Å². The number of rotatable bonds is 3. The minimum atomic E-state index is 0.0595. The molecular formula is C22H20Cl2O2. The summed E-state index contributed by atoms with van der Waals surface area (Å²) in [6.45, 7) is 2.07. The van der Waals surface area contributed by atoms with Crippen LogP contribution in [0.3, 0.4) is 0 Å². The summed E-state index contributed by atoms with van der Waals surface area (Å²) in [4.78, 5) is 13.0. The van der Waals surface area contributed by atoms with Crippen LogP contribution in [0.2, 0.25) is 10.0 Å². The lowest BCUT2D eigenvalue weighted by Crippen LogP contribution is -2.22. The topological polar surface area (TPSA) is 37.3 Å². The van der Waals surface area contributed by atoms with Crippen LogP contribution >= 0.6 is 23.2 Å². The van der Waals surface area contributed by atoms with E-state index >= 15 is 0 Å². The van der Waals surface area contributed by atoms with E-state index in [0.717, 1.165) is 47.9 Å². The van der Waals surface area contributed by atoms with Gasteiger partial charge in [0.25, 0.3) is 0 Å². The summed E-state index contributed by atoms with van der Waals surface area (Å²) in [6.07, 6.45) is 3.38. The Kier molecular flexibility index (Phi) is 4.58. The Morgan fingerprint density at radius 1 is 1.00 bits per heavy atom. The number of hydrogen-bond donors (Lipinski definition) is 1. The molecule has 4 heteroatoms. The molecule has 2 aliphatic rings. The fraction of sp³-hybridized carbons (Fsp3) is 0.318. The molecular weight excluding hydrogens is 367 g/mol. The third-order valence-electron chi connectivity index (χ3n) is 5.71. The molecule has 1 fully saturated rings. The van der Waals surface area contributed by atoms with Crippen LogP contribution in [-0.4, -0.2) is 10.9 Å². The van der Waals surface area contributed by atoms with Gasteiger partial charge in [0.1, 0.15) is 5.76 Å². The fourth-order valence-electron chi connectivity index (χ4n) is 4.25. The molecule has 0 aliphatic heterocycles. The Morgan fingerprint density at radius 2 is 1.69 bits per heavy atom. The maximum Gasteiger partial charge on any atom is 0.169 e. The number of aryl methyl sites for hydroxylation is 1. The number of allylic oxidation sites excluding steroid dienone is 2. The van der Waals surface area contributed by atoms with Gasteiger partial charge in [-0.2, -0.15) is 0 Å². The number of halogens is 2. The van der Waals surface area contributed by atoms with Crippen molar-refractivity contribution in [1.29, 1.82) is 0 Å². The van der Waals surface area contributed by atoms with Crippen molar-refractivity contribution < 1.29 is 9.90 Å². The van der Waals surface area contributed by atoms with E-state index in [-0.39, 0.29) is 23.4 Å². The van der Waals surface area contributed by atoms with Crippen molar-refractivity contribution in [3.8, 4) is 11.1 Å². The fourth-order valence-corrected chi connectivity index (χ4v) is 4.54. The molecule has 0 saturated heterocycles. The molecule has 2 aromatic carbocycles. The number of benzene rings is 2. The van der Waals surface area contributed by atoms with Gasteiger partial charge in [0, 0.05) is 11.8 Å². The second-order valence-corrected chi connectivity index (χ2v) is 8.00. The normalized spacial score (nSPS) is 22.2. The van der Waals surface area contributed by atoms with Gasteiger partial charge >= 0.3 is 0 Å². The van der Waals surface area contributed by atoms with Gasteiger partial charge in [-0.15, -0.1) is 0 Å². The molecule has 2 aromatic rings. The molecule has 0 aromatic heterocycles. The first-order chi connectivity index (χ1) is 12.5. The summed E-state index contributed by atoms with van der Waals surface area (Å²) < 4.78 is 0. The maximum atomic E-state index is 13.0. The summed E-state index contributed by atoms with van der Waals surface area (Å²) in [5.41, 5.74) is 4.36. The molecule has 2 nitrogen and oxygen atoms in total. The number of carbonyl (C=O) groups is 1. The highest BCUT2D eigenvalue weighted by Crippen LogP contribution is 2.46. The van der Waals surface area contributed by atoms with Crippen molar-refractivity contribution in [3.05, 3.63) is 63.3 Å². The Morgan fingerprint density at radius 3 is 2.42 bits per heavy atom. The van der Waals surface area contributed by atoms with Gasteiger partial charge in [-0.1, -0.05) is 48.3 Å². The number of ketones is 1. The summed E-state index contributed by atoms with van der Waals surface area (Å²) in [6, 6.07) is 11.6. The van der Waals surface area contributed by atoms with Crippen molar-refractivity contribution in [2.24, 2.45) is 11.8 Å². The lowest BCUT2D eigenvalue weighted by molar-refractivity contribution is -0.117. The van der Waals surface area contributed by atoms with E-state index in [4.69, 9.17) is 23.2 Å². The van der Waals surface area contributed by atoms with Crippen molar-refractivity contribution in [2.45, 2.75) is 32.6 Å². The van der Waals surface area contributed by atoms with E-state index in [9.17, 15) is 9.90 Å². The summed E-state index contributed by atoms with van der Waals surface area (Å²) in [5, 5.41) is 11.8. The molecule has 0 radical (unpaired) electrons. The predicted molar refractivity (Wildman–Crippen MR) is 107 cm³/mol. The standard InChI is InChI=1S/C22H20Cl2O2/c1-2-12-3-4-13(14-7-8-18(23)19(24)11-14)10-17(12)20-21(25)15-5-6-16(9-15)22(20)26/h3-4,7-8,10-11,15-16,25H,2,5-6,9H2,1H3. The molecule has 26 heavy (non-hydrogen) atoms. The van der Waals surface area contributed by atoms with Gasteiger partial charge in [0.05, 0.1) is 15.6 Å². The first kappa shape index (κ1) is 17.6. The van der Waals surface area contributed by atoms with Crippen LogP contribution < -0.4 is 0 Å². The highest BCUT2D eigenvalue weighted by molar-refractivity contribution is 6.42. The molecule has 0 heterocycles. The summed E-state index contributed by atoms with van der Waals surface area (Å²) in [7, 11) is 0. The second kappa shape index (κ2) is 6.75. The largest absolute Gasteiger partial charge is 0.511 e. The van der Waals surface area contributed by atoms with Crippen molar-refractivity contribution in [2.75, 3.05) is 0 Å². The van der Waals surface area contributed by atoms with Gasteiger partial charge in [-0.05, 0) is 66.1 Å². The van der Waals surface area contributed by atoms with Crippen LogP contribution in [0.4, 0.5) is 0 Å². The lowest BCUT2D eigenvalue weighted by atomic mass is 9.81. The van der Waals surface area contributed by atoms with Crippen molar-refractivity contribution in [1.82, 2.24) is 0 Å². The van der Waals surface area contributed by atoms with Gasteiger partial charge in [-0.25, -0.2) is 0 Å². The van der Waals surface area contributed by atoms with Crippen molar-refractivity contribution >= 4 is 34.6 Å². The van der Waals surface area contributed by atoms with Gasteiger partial charge in [-0.3, -0.25) is 4.79 Å². The van der Waals surface area contributed by atoms with Crippen LogP contribution in [0.1, 0.15) is 37.3 Å². The number of Topliss-reactive ketones (excluding diaryl/α,β-unsaturated/α-hetero) is 1. The zero-order chi connectivity index (χ0) is 18.4. The first-order valence-corrected chi connectivity index (χ1v) is 9.81. The number of aliphatic hydroxyl groups is 1. The highest BCUT2D eigenvalue weighted by atomic mass is 35.5. The van der Waals surface area contributed by atoms with E-state index in [1.165, 1.54) is 0 Å². The number of hydrogen-bond acceptors (Lipinski definition) is 2. The number of carbonyl (C=O) groups excluding carboxylic acids is 1. The van der Waals surface area contributed by atoms with Gasteiger partial charge < -0.3 is 5.11 Å². The van der Waals surface area contributed by atoms with E-state index < -0.39 is 0 Å². The highest BCUT2D eigenvalue weighted by Gasteiger charge is 2.41. The van der Waals surface area contributed by atoms with Crippen LogP contribution in [0, 0.1) is 11.8 Å². The third-order valence-corrected chi connectivity index (χ3v) is 6.44. The molecule has 0 spiro atoms. The van der Waals surface area contributed by atoms with E-state index in [1.807, 2.05) is 30.3 Å². The molecule has 2 aliphatic carbocycles. The van der Waals surface area contributed by atoms with E-state index in [0.29, 0.717) is 15.6 Å². The van der Waals surface area contributed by atoms with Crippen molar-refractivity contribution in [3.63, 3.8) is 0 Å². The molecule has 1 saturated carbocycles. The summed E-state index contributed by atoms with van der Waals surface area (Å²) >= 11 is 12.2. The van der Waals surface area contributed by atoms with E-state index in [1.54, 1.807) is 6.07 Å². The monoisotopic (exact) mass is 386 g/mol. The SMILES string of the molecule is CCc1ccc(-c2ccc(Cl)c(Cl)c2)cc1C1=C(O)C2CCC(C2)C1=O. The molecule has 2 bridgehead atoms. The Bertz CT molecular complexity index is 930. The number of fused-ring (bicyclic) bond motifs is 2. The minimum Gasteiger partial charge on any atom is -0.511 e. The lowest BCUT2D eigenvalue weighted by Gasteiger charge is -2.23. The zero-order valence-electron chi connectivity index (χ0n) is 14.6. The van der Waals surface area contributed by atoms with Crippen LogP contribution in [-0.2, 0) is 11.2 Å².